The topological polar surface area (TPSA) is 98.8 Å². The fraction of sp³-hybridized carbons (Fsp3) is 0.533. The standard InChI is InChI=1S/C15H21F2N3O5/c1-9(21)19-12-7-10(20-14(22)25-15(2,3)4)11(8-18-12)23-5-6-24-13(16)17/h7-8,13H,5-6H2,1-4H3,(H2,18,19,20,21,22). The lowest BCUT2D eigenvalue weighted by atomic mass is 10.2. The molecule has 140 valence electrons. The fourth-order valence-corrected chi connectivity index (χ4v) is 1.61. The maximum Gasteiger partial charge on any atom is 0.412 e. The normalized spacial score (nSPS) is 11.2. The molecule has 0 aromatic carbocycles. The van der Waals surface area contributed by atoms with Gasteiger partial charge < -0.3 is 19.5 Å². The number of ether oxygens (including phenoxy) is 3. The molecule has 10 heteroatoms. The molecule has 2 amide bonds. The monoisotopic (exact) mass is 361 g/mol. The van der Waals surface area contributed by atoms with Crippen LogP contribution in [0.2, 0.25) is 0 Å². The Labute approximate surface area is 143 Å². The van der Waals surface area contributed by atoms with Gasteiger partial charge in [-0.25, -0.2) is 9.78 Å². The zero-order chi connectivity index (χ0) is 19.0. The molecule has 0 unspecified atom stereocenters. The lowest BCUT2D eigenvalue weighted by Crippen LogP contribution is -2.27. The van der Waals surface area contributed by atoms with Crippen molar-refractivity contribution in [3.8, 4) is 5.75 Å². The van der Waals surface area contributed by atoms with E-state index in [2.05, 4.69) is 20.4 Å². The summed E-state index contributed by atoms with van der Waals surface area (Å²) in [7, 11) is 0. The Morgan fingerprint density at radius 3 is 2.48 bits per heavy atom. The van der Waals surface area contributed by atoms with Crippen LogP contribution in [0.3, 0.4) is 0 Å². The summed E-state index contributed by atoms with van der Waals surface area (Å²) in [5.41, 5.74) is -0.561. The number of pyridine rings is 1. The number of hydrogen-bond acceptors (Lipinski definition) is 6. The van der Waals surface area contributed by atoms with Crippen molar-refractivity contribution in [1.82, 2.24) is 4.98 Å². The number of carbonyl (C=O) groups excluding carboxylic acids is 2. The lowest BCUT2D eigenvalue weighted by Gasteiger charge is -2.20. The molecule has 8 nitrogen and oxygen atoms in total. The average Bonchev–Trinajstić information content (AvgIpc) is 2.42. The molecule has 0 saturated carbocycles. The molecule has 0 radical (unpaired) electrons. The minimum absolute atomic E-state index is 0.109. The van der Waals surface area contributed by atoms with Gasteiger partial charge in [0.1, 0.15) is 18.0 Å². The van der Waals surface area contributed by atoms with Gasteiger partial charge in [-0.3, -0.25) is 10.1 Å². The molecule has 0 fully saturated rings. The predicted molar refractivity (Wildman–Crippen MR) is 85.8 cm³/mol. The van der Waals surface area contributed by atoms with E-state index in [0.29, 0.717) is 0 Å². The molecular weight excluding hydrogens is 340 g/mol. The second-order valence-electron chi connectivity index (χ2n) is 5.85. The van der Waals surface area contributed by atoms with E-state index in [1.165, 1.54) is 19.2 Å². The molecule has 2 N–H and O–H groups in total. The third-order valence-corrected chi connectivity index (χ3v) is 2.39. The molecule has 1 rings (SSSR count). The largest absolute Gasteiger partial charge is 0.487 e. The van der Waals surface area contributed by atoms with Crippen LogP contribution >= 0.6 is 0 Å². The number of rotatable bonds is 7. The van der Waals surface area contributed by atoms with Crippen LogP contribution in [-0.2, 0) is 14.3 Å². The third-order valence-electron chi connectivity index (χ3n) is 2.39. The SMILES string of the molecule is CC(=O)Nc1cc(NC(=O)OC(C)(C)C)c(OCCOC(F)F)cn1. The molecule has 1 aromatic rings. The molecule has 0 spiro atoms. The number of anilines is 2. The molecule has 1 heterocycles. The van der Waals surface area contributed by atoms with Gasteiger partial charge in [0, 0.05) is 13.0 Å². The van der Waals surface area contributed by atoms with E-state index in [0.717, 1.165) is 0 Å². The molecule has 25 heavy (non-hydrogen) atoms. The highest BCUT2D eigenvalue weighted by Gasteiger charge is 2.18. The van der Waals surface area contributed by atoms with Gasteiger partial charge >= 0.3 is 12.7 Å². The molecule has 0 saturated heterocycles. The van der Waals surface area contributed by atoms with Crippen molar-refractivity contribution in [2.45, 2.75) is 39.9 Å². The van der Waals surface area contributed by atoms with Crippen LogP contribution in [0.25, 0.3) is 0 Å². The van der Waals surface area contributed by atoms with Crippen LogP contribution < -0.4 is 15.4 Å². The van der Waals surface area contributed by atoms with Crippen molar-refractivity contribution < 1.29 is 32.6 Å². The minimum atomic E-state index is -2.90. The molecule has 0 aliphatic rings. The van der Waals surface area contributed by atoms with Crippen molar-refractivity contribution in [2.75, 3.05) is 23.8 Å². The van der Waals surface area contributed by atoms with Gasteiger partial charge in [0.25, 0.3) is 0 Å². The van der Waals surface area contributed by atoms with E-state index in [4.69, 9.17) is 9.47 Å². The second-order valence-corrected chi connectivity index (χ2v) is 5.85. The van der Waals surface area contributed by atoms with Crippen molar-refractivity contribution in [3.63, 3.8) is 0 Å². The smallest absolute Gasteiger partial charge is 0.412 e. The van der Waals surface area contributed by atoms with Crippen LogP contribution in [0.15, 0.2) is 12.3 Å². The Morgan fingerprint density at radius 2 is 1.92 bits per heavy atom. The zero-order valence-electron chi connectivity index (χ0n) is 14.4. The summed E-state index contributed by atoms with van der Waals surface area (Å²) in [6, 6.07) is 1.36. The quantitative estimate of drug-likeness (QED) is 0.725. The summed E-state index contributed by atoms with van der Waals surface area (Å²) in [6.07, 6.45) is 0.488. The first-order chi connectivity index (χ1) is 11.6. The Hall–Kier alpha value is -2.49. The minimum Gasteiger partial charge on any atom is -0.487 e. The van der Waals surface area contributed by atoms with Gasteiger partial charge in [-0.1, -0.05) is 0 Å². The first kappa shape index (κ1) is 20.6. The second kappa shape index (κ2) is 9.11. The van der Waals surface area contributed by atoms with E-state index in [1.807, 2.05) is 0 Å². The van der Waals surface area contributed by atoms with Gasteiger partial charge in [-0.2, -0.15) is 8.78 Å². The van der Waals surface area contributed by atoms with Crippen molar-refractivity contribution in [1.29, 1.82) is 0 Å². The van der Waals surface area contributed by atoms with E-state index in [9.17, 15) is 18.4 Å². The van der Waals surface area contributed by atoms with E-state index in [-0.39, 0.29) is 36.4 Å². The Balaban J connectivity index is 2.86. The number of aromatic nitrogens is 1. The van der Waals surface area contributed by atoms with Crippen molar-refractivity contribution >= 4 is 23.5 Å². The highest BCUT2D eigenvalue weighted by Crippen LogP contribution is 2.27. The number of amides is 2. The summed E-state index contributed by atoms with van der Waals surface area (Å²) in [4.78, 5) is 27.0. The number of alkyl halides is 2. The van der Waals surface area contributed by atoms with E-state index >= 15 is 0 Å². The van der Waals surface area contributed by atoms with E-state index < -0.39 is 18.3 Å². The number of hydrogen-bond donors (Lipinski definition) is 2. The maximum absolute atomic E-state index is 11.9. The Morgan fingerprint density at radius 1 is 1.24 bits per heavy atom. The van der Waals surface area contributed by atoms with Crippen LogP contribution in [0.1, 0.15) is 27.7 Å². The molecule has 0 bridgehead atoms. The van der Waals surface area contributed by atoms with Crippen LogP contribution in [0.5, 0.6) is 5.75 Å². The van der Waals surface area contributed by atoms with Crippen molar-refractivity contribution in [2.24, 2.45) is 0 Å². The molecule has 0 aliphatic carbocycles. The van der Waals surface area contributed by atoms with Gasteiger partial charge in [-0.05, 0) is 20.8 Å². The lowest BCUT2D eigenvalue weighted by molar-refractivity contribution is -0.133. The average molecular weight is 361 g/mol. The summed E-state index contributed by atoms with van der Waals surface area (Å²) < 4.78 is 38.4. The summed E-state index contributed by atoms with van der Waals surface area (Å²) in [5.74, 6) is -0.0673. The molecule has 1 aromatic heterocycles. The Kier molecular flexibility index (Phi) is 7.49. The van der Waals surface area contributed by atoms with Gasteiger partial charge in [0.05, 0.1) is 18.5 Å². The first-order valence-corrected chi connectivity index (χ1v) is 7.37. The van der Waals surface area contributed by atoms with Crippen molar-refractivity contribution in [3.05, 3.63) is 12.3 Å². The third kappa shape index (κ3) is 8.80. The summed E-state index contributed by atoms with van der Waals surface area (Å²) >= 11 is 0. The van der Waals surface area contributed by atoms with Crippen LogP contribution in [0.4, 0.5) is 25.1 Å². The fourth-order valence-electron chi connectivity index (χ4n) is 1.61. The predicted octanol–water partition coefficient (Wildman–Crippen LogP) is 3.01. The number of nitrogens with one attached hydrogen (secondary N) is 2. The highest BCUT2D eigenvalue weighted by molar-refractivity contribution is 5.91. The van der Waals surface area contributed by atoms with Gasteiger partial charge in [-0.15, -0.1) is 0 Å². The summed E-state index contributed by atoms with van der Waals surface area (Å²) in [5, 5.41) is 4.92. The highest BCUT2D eigenvalue weighted by atomic mass is 19.3. The van der Waals surface area contributed by atoms with Crippen LogP contribution in [-0.4, -0.2) is 42.4 Å². The number of halogens is 2. The number of nitrogens with zero attached hydrogens (tertiary/aromatic N) is 1. The molecular formula is C15H21F2N3O5. The maximum atomic E-state index is 11.9. The van der Waals surface area contributed by atoms with Crippen LogP contribution in [0, 0.1) is 0 Å². The Bertz CT molecular complexity index is 605. The molecule has 0 aliphatic heterocycles. The van der Waals surface area contributed by atoms with Gasteiger partial charge in [0.15, 0.2) is 5.75 Å². The zero-order valence-corrected chi connectivity index (χ0v) is 14.4. The number of carbonyl (C=O) groups is 2. The summed E-state index contributed by atoms with van der Waals surface area (Å²) in [6.45, 7) is 2.95. The first-order valence-electron chi connectivity index (χ1n) is 7.37. The molecule has 0 atom stereocenters. The van der Waals surface area contributed by atoms with Gasteiger partial charge in [0.2, 0.25) is 5.91 Å². The van der Waals surface area contributed by atoms with E-state index in [1.54, 1.807) is 20.8 Å².